The van der Waals surface area contributed by atoms with Crippen LogP contribution in [0, 0.1) is 0 Å². The Morgan fingerprint density at radius 1 is 0.375 bits per heavy atom. The minimum absolute atomic E-state index is 0.0824. The second kappa shape index (κ2) is 45.1. The molecule has 1 unspecified atom stereocenters. The maximum Gasteiger partial charge on any atom is 0.306 e. The number of carbonyl (C=O) groups is 3. The van der Waals surface area contributed by atoms with Crippen LogP contribution in [0.25, 0.3) is 0 Å². The fraction of sp³-hybridized carbons (Fsp3) is 0.780. The molecule has 0 aromatic rings. The highest BCUT2D eigenvalue weighted by molar-refractivity contribution is 5.71. The Bertz CT molecular complexity index is 996. The Morgan fingerprint density at radius 2 is 0.732 bits per heavy atom. The standard InChI is InChI=1S/C50H88O6/c1-4-7-10-13-16-19-22-24-26-28-31-34-37-40-43-49(52)55-46-47(45-54-48(51)42-39-36-33-30-27-21-18-15-12-9-6-3)56-50(53)44-41-38-35-32-29-25-23-20-17-14-11-8-5-2/h8,11,14-15,17-18,20,23,47H,4-7,9-10,12-13,16,19,21-22,24-46H2,1-3H3/b11-8-,17-14-,18-15-,23-20-. The Labute approximate surface area is 346 Å². The molecule has 0 rings (SSSR count). The van der Waals surface area contributed by atoms with Crippen molar-refractivity contribution in [1.82, 2.24) is 0 Å². The zero-order chi connectivity index (χ0) is 40.8. The van der Waals surface area contributed by atoms with Gasteiger partial charge in [-0.1, -0.05) is 204 Å². The lowest BCUT2D eigenvalue weighted by Gasteiger charge is -2.18. The maximum absolute atomic E-state index is 12.7. The van der Waals surface area contributed by atoms with Gasteiger partial charge in [0, 0.05) is 19.3 Å². The van der Waals surface area contributed by atoms with E-state index in [9.17, 15) is 14.4 Å². The molecule has 0 bridgehead atoms. The molecule has 6 heteroatoms. The van der Waals surface area contributed by atoms with Gasteiger partial charge in [-0.2, -0.15) is 0 Å². The second-order valence-electron chi connectivity index (χ2n) is 15.7. The lowest BCUT2D eigenvalue weighted by atomic mass is 10.0. The van der Waals surface area contributed by atoms with E-state index < -0.39 is 6.10 Å². The summed E-state index contributed by atoms with van der Waals surface area (Å²) in [6.45, 7) is 6.44. The number of rotatable bonds is 42. The van der Waals surface area contributed by atoms with Gasteiger partial charge in [0.15, 0.2) is 6.10 Å². The third-order valence-electron chi connectivity index (χ3n) is 10.1. The highest BCUT2D eigenvalue weighted by atomic mass is 16.6. The van der Waals surface area contributed by atoms with Crippen LogP contribution in [-0.2, 0) is 28.6 Å². The Hall–Kier alpha value is -2.63. The minimum Gasteiger partial charge on any atom is -0.462 e. The summed E-state index contributed by atoms with van der Waals surface area (Å²) < 4.78 is 16.7. The molecule has 0 aliphatic heterocycles. The van der Waals surface area contributed by atoms with Crippen LogP contribution in [0.2, 0.25) is 0 Å². The SMILES string of the molecule is CC\C=C/C=C\C=C/CCCCCCCC(=O)OC(COC(=O)CCCCCCC/C=C\CCCC)COC(=O)CCCCCCCCCCCCCCCC. The Morgan fingerprint density at radius 3 is 1.18 bits per heavy atom. The van der Waals surface area contributed by atoms with Crippen molar-refractivity contribution < 1.29 is 28.6 Å². The molecule has 0 aliphatic carbocycles. The fourth-order valence-corrected chi connectivity index (χ4v) is 6.54. The average Bonchev–Trinajstić information content (AvgIpc) is 3.19. The first-order valence-corrected chi connectivity index (χ1v) is 23.7. The molecule has 0 heterocycles. The molecule has 0 fully saturated rings. The van der Waals surface area contributed by atoms with E-state index >= 15 is 0 Å². The number of esters is 3. The number of carbonyl (C=O) groups excluding carboxylic acids is 3. The van der Waals surface area contributed by atoms with Crippen molar-refractivity contribution >= 4 is 17.9 Å². The number of unbranched alkanes of at least 4 members (excludes halogenated alkanes) is 25. The van der Waals surface area contributed by atoms with Gasteiger partial charge in [-0.15, -0.1) is 0 Å². The first-order chi connectivity index (χ1) is 27.5. The van der Waals surface area contributed by atoms with E-state index in [-0.39, 0.29) is 31.1 Å². The molecule has 0 N–H and O–H groups in total. The van der Waals surface area contributed by atoms with Crippen molar-refractivity contribution in [3.8, 4) is 0 Å². The monoisotopic (exact) mass is 785 g/mol. The normalized spacial score (nSPS) is 12.4. The molecular weight excluding hydrogens is 697 g/mol. The number of allylic oxidation sites excluding steroid dienone is 8. The molecule has 0 saturated heterocycles. The van der Waals surface area contributed by atoms with Gasteiger partial charge in [0.1, 0.15) is 13.2 Å². The van der Waals surface area contributed by atoms with Crippen molar-refractivity contribution in [2.45, 2.75) is 239 Å². The van der Waals surface area contributed by atoms with Gasteiger partial charge >= 0.3 is 17.9 Å². The number of ether oxygens (including phenoxy) is 3. The molecule has 0 radical (unpaired) electrons. The lowest BCUT2D eigenvalue weighted by Crippen LogP contribution is -2.30. The highest BCUT2D eigenvalue weighted by Crippen LogP contribution is 2.15. The topological polar surface area (TPSA) is 78.9 Å². The van der Waals surface area contributed by atoms with Crippen LogP contribution >= 0.6 is 0 Å². The largest absolute Gasteiger partial charge is 0.462 e. The summed E-state index contributed by atoms with van der Waals surface area (Å²) >= 11 is 0. The summed E-state index contributed by atoms with van der Waals surface area (Å²) in [4.78, 5) is 37.8. The fourth-order valence-electron chi connectivity index (χ4n) is 6.54. The molecule has 0 aromatic carbocycles. The van der Waals surface area contributed by atoms with E-state index in [1.165, 1.54) is 103 Å². The summed E-state index contributed by atoms with van der Waals surface area (Å²) in [6, 6.07) is 0. The third kappa shape index (κ3) is 42.5. The first kappa shape index (κ1) is 53.4. The van der Waals surface area contributed by atoms with Crippen LogP contribution in [0.3, 0.4) is 0 Å². The van der Waals surface area contributed by atoms with E-state index in [0.29, 0.717) is 19.3 Å². The first-order valence-electron chi connectivity index (χ1n) is 23.7. The zero-order valence-electron chi connectivity index (χ0n) is 36.9. The van der Waals surface area contributed by atoms with Crippen molar-refractivity contribution in [2.75, 3.05) is 13.2 Å². The summed E-state index contributed by atoms with van der Waals surface area (Å²) in [5.41, 5.74) is 0. The molecule has 0 spiro atoms. The van der Waals surface area contributed by atoms with Crippen LogP contribution in [0.5, 0.6) is 0 Å². The highest BCUT2D eigenvalue weighted by Gasteiger charge is 2.19. The molecular formula is C50H88O6. The quantitative estimate of drug-likeness (QED) is 0.0202. The van der Waals surface area contributed by atoms with Crippen molar-refractivity contribution in [3.05, 3.63) is 48.6 Å². The van der Waals surface area contributed by atoms with Gasteiger partial charge in [-0.3, -0.25) is 14.4 Å². The van der Waals surface area contributed by atoms with Gasteiger partial charge in [-0.25, -0.2) is 0 Å². The van der Waals surface area contributed by atoms with Gasteiger partial charge in [0.25, 0.3) is 0 Å². The van der Waals surface area contributed by atoms with Crippen molar-refractivity contribution in [1.29, 1.82) is 0 Å². The van der Waals surface area contributed by atoms with E-state index in [2.05, 4.69) is 69.4 Å². The average molecular weight is 785 g/mol. The zero-order valence-corrected chi connectivity index (χ0v) is 36.9. The molecule has 0 saturated carbocycles. The summed E-state index contributed by atoms with van der Waals surface area (Å²) in [7, 11) is 0. The molecule has 0 aliphatic rings. The molecule has 0 aromatic heterocycles. The predicted octanol–water partition coefficient (Wildman–Crippen LogP) is 15.1. The summed E-state index contributed by atoms with van der Waals surface area (Å²) in [5, 5.41) is 0. The van der Waals surface area contributed by atoms with Gasteiger partial charge < -0.3 is 14.2 Å². The molecule has 324 valence electrons. The van der Waals surface area contributed by atoms with Crippen LogP contribution in [0.15, 0.2) is 48.6 Å². The van der Waals surface area contributed by atoms with Crippen molar-refractivity contribution in [2.24, 2.45) is 0 Å². The summed E-state index contributed by atoms with van der Waals surface area (Å²) in [6.07, 6.45) is 52.3. The van der Waals surface area contributed by atoms with Crippen LogP contribution in [0.1, 0.15) is 233 Å². The maximum atomic E-state index is 12.7. The third-order valence-corrected chi connectivity index (χ3v) is 10.1. The molecule has 0 amide bonds. The van der Waals surface area contributed by atoms with Gasteiger partial charge in [0.2, 0.25) is 0 Å². The number of hydrogen-bond donors (Lipinski definition) is 0. The molecule has 6 nitrogen and oxygen atoms in total. The Balaban J connectivity index is 4.39. The smallest absolute Gasteiger partial charge is 0.306 e. The van der Waals surface area contributed by atoms with E-state index in [0.717, 1.165) is 89.9 Å². The predicted molar refractivity (Wildman–Crippen MR) is 238 cm³/mol. The Kier molecular flexibility index (Phi) is 43.0. The second-order valence-corrected chi connectivity index (χ2v) is 15.7. The van der Waals surface area contributed by atoms with E-state index in [1.54, 1.807) is 0 Å². The minimum atomic E-state index is -0.782. The van der Waals surface area contributed by atoms with Gasteiger partial charge in [-0.05, 0) is 57.8 Å². The lowest BCUT2D eigenvalue weighted by molar-refractivity contribution is -0.167. The molecule has 1 atom stereocenters. The van der Waals surface area contributed by atoms with Crippen molar-refractivity contribution in [3.63, 3.8) is 0 Å². The molecule has 56 heavy (non-hydrogen) atoms. The van der Waals surface area contributed by atoms with Crippen LogP contribution in [-0.4, -0.2) is 37.2 Å². The number of hydrogen-bond acceptors (Lipinski definition) is 6. The van der Waals surface area contributed by atoms with Crippen LogP contribution in [0.4, 0.5) is 0 Å². The van der Waals surface area contributed by atoms with E-state index in [1.807, 2.05) is 0 Å². The summed E-state index contributed by atoms with van der Waals surface area (Å²) in [5.74, 6) is -0.911. The van der Waals surface area contributed by atoms with E-state index in [4.69, 9.17) is 14.2 Å². The van der Waals surface area contributed by atoms with Crippen LogP contribution < -0.4 is 0 Å². The van der Waals surface area contributed by atoms with Gasteiger partial charge in [0.05, 0.1) is 0 Å².